The van der Waals surface area contributed by atoms with E-state index in [1.165, 1.54) is 6.33 Å². The summed E-state index contributed by atoms with van der Waals surface area (Å²) in [5.74, 6) is 0.307. The van der Waals surface area contributed by atoms with Gasteiger partial charge in [0.25, 0.3) is 0 Å². The first kappa shape index (κ1) is 16.7. The molecule has 0 saturated carbocycles. The van der Waals surface area contributed by atoms with Gasteiger partial charge in [0.1, 0.15) is 17.8 Å². The monoisotopic (exact) mass is 367 g/mol. The van der Waals surface area contributed by atoms with Crippen molar-refractivity contribution >= 4 is 34.6 Å². The molecular weight excluding hydrogens is 350 g/mol. The predicted molar refractivity (Wildman–Crippen MR) is 98.8 cm³/mol. The lowest BCUT2D eigenvalue weighted by atomic mass is 9.97. The first-order valence-corrected chi connectivity index (χ1v) is 9.28. The molecule has 132 valence electrons. The molecule has 0 saturated heterocycles. The van der Waals surface area contributed by atoms with Gasteiger partial charge in [0.05, 0.1) is 15.6 Å². The number of hydrogen-bond donors (Lipinski definition) is 1. The number of aliphatic imine (C=N–C) groups is 1. The molecule has 8 heteroatoms. The molecule has 0 aromatic carbocycles. The van der Waals surface area contributed by atoms with Gasteiger partial charge < -0.3 is 5.32 Å². The highest BCUT2D eigenvalue weighted by Crippen LogP contribution is 2.29. The molecule has 0 radical (unpaired) electrons. The average molecular weight is 367 g/mol. The van der Waals surface area contributed by atoms with Gasteiger partial charge in [-0.1, -0.05) is 13.0 Å². The highest BCUT2D eigenvalue weighted by atomic mass is 32.1. The van der Waals surface area contributed by atoms with Crippen molar-refractivity contribution in [3.05, 3.63) is 45.9 Å². The maximum atomic E-state index is 12.8. The second-order valence-electron chi connectivity index (χ2n) is 6.35. The number of rotatable bonds is 5. The number of carbonyl (C=O) groups excluding carboxylic acids is 2. The molecule has 1 N–H and O–H groups in total. The third-order valence-corrected chi connectivity index (χ3v) is 5.72. The van der Waals surface area contributed by atoms with Crippen LogP contribution in [0.5, 0.6) is 0 Å². The summed E-state index contributed by atoms with van der Waals surface area (Å²) in [4.78, 5) is 42.4. The third-order valence-electron chi connectivity index (χ3n) is 4.44. The fourth-order valence-corrected chi connectivity index (χ4v) is 4.04. The summed E-state index contributed by atoms with van der Waals surface area (Å²) in [6, 6.07) is 0. The van der Waals surface area contributed by atoms with Crippen LogP contribution in [0.4, 0.5) is 5.82 Å². The summed E-state index contributed by atoms with van der Waals surface area (Å²) >= 11 is 1.58. The van der Waals surface area contributed by atoms with E-state index < -0.39 is 0 Å². The lowest BCUT2D eigenvalue weighted by Crippen LogP contribution is -2.23. The van der Waals surface area contributed by atoms with Crippen molar-refractivity contribution in [3.8, 4) is 0 Å². The van der Waals surface area contributed by atoms with Gasteiger partial charge >= 0.3 is 0 Å². The second kappa shape index (κ2) is 6.87. The van der Waals surface area contributed by atoms with Crippen molar-refractivity contribution in [2.45, 2.75) is 38.5 Å². The van der Waals surface area contributed by atoms with Gasteiger partial charge in [-0.15, -0.1) is 11.3 Å². The molecular formula is C18H17N5O2S. The number of carbonyl (C=O) groups is 2. The van der Waals surface area contributed by atoms with Gasteiger partial charge in [-0.05, 0) is 6.42 Å². The topological polar surface area (TPSA) is 97.2 Å². The number of nitrogens with zero attached hydrogens (tertiary/aromatic N) is 4. The molecule has 0 bridgehead atoms. The van der Waals surface area contributed by atoms with E-state index in [2.05, 4.69) is 25.3 Å². The van der Waals surface area contributed by atoms with E-state index >= 15 is 0 Å². The number of Topliss-reactive ketones (excluding diaryl/α,β-unsaturated/α-hetero) is 1. The quantitative estimate of drug-likeness (QED) is 0.820. The zero-order chi connectivity index (χ0) is 18.1. The molecule has 0 spiro atoms. The minimum Gasteiger partial charge on any atom is -0.310 e. The summed E-state index contributed by atoms with van der Waals surface area (Å²) in [7, 11) is 0. The Bertz CT molecular complexity index is 947. The fraction of sp³-hybridized carbons (Fsp3) is 0.333. The number of nitrogens with one attached hydrogen (secondary N) is 1. The predicted octanol–water partition coefficient (Wildman–Crippen LogP) is 2.90. The smallest absolute Gasteiger partial charge is 0.225 e. The summed E-state index contributed by atoms with van der Waals surface area (Å²) in [5, 5.41) is 3.62. The third kappa shape index (κ3) is 3.20. The molecule has 26 heavy (non-hydrogen) atoms. The van der Waals surface area contributed by atoms with E-state index in [4.69, 9.17) is 0 Å². The van der Waals surface area contributed by atoms with Crippen molar-refractivity contribution in [3.63, 3.8) is 0 Å². The van der Waals surface area contributed by atoms with Gasteiger partial charge in [-0.25, -0.2) is 15.0 Å². The standard InChI is InChI=1S/C18H17N5O2S/c1-10(18-20-8-14(26-18)12-3-2-6-19-12)7-13(24)16-11-4-5-15(25)23-17(11)22-9-21-16/h2,6,8-10H,3-5,7H2,1H3,(H,21,22,23,25). The molecule has 7 nitrogen and oxygen atoms in total. The zero-order valence-electron chi connectivity index (χ0n) is 14.2. The Morgan fingerprint density at radius 2 is 2.19 bits per heavy atom. The Balaban J connectivity index is 1.50. The van der Waals surface area contributed by atoms with Gasteiger partial charge in [-0.2, -0.15) is 0 Å². The van der Waals surface area contributed by atoms with E-state index in [-0.39, 0.29) is 17.6 Å². The van der Waals surface area contributed by atoms with Crippen molar-refractivity contribution in [1.29, 1.82) is 0 Å². The largest absolute Gasteiger partial charge is 0.310 e. The van der Waals surface area contributed by atoms with Crippen LogP contribution in [0.25, 0.3) is 0 Å². The number of thiazole rings is 1. The highest BCUT2D eigenvalue weighted by molar-refractivity contribution is 7.13. The Morgan fingerprint density at radius 3 is 3.00 bits per heavy atom. The van der Waals surface area contributed by atoms with Crippen LogP contribution in [0.2, 0.25) is 0 Å². The molecule has 4 rings (SSSR count). The lowest BCUT2D eigenvalue weighted by Gasteiger charge is -2.17. The molecule has 2 aromatic rings. The molecule has 2 aromatic heterocycles. The van der Waals surface area contributed by atoms with Crippen LogP contribution in [0.15, 0.2) is 29.8 Å². The van der Waals surface area contributed by atoms with Crippen molar-refractivity contribution in [2.24, 2.45) is 4.99 Å². The molecule has 4 heterocycles. The van der Waals surface area contributed by atoms with Gasteiger partial charge in [-0.3, -0.25) is 14.6 Å². The van der Waals surface area contributed by atoms with E-state index in [0.29, 0.717) is 30.8 Å². The molecule has 0 aliphatic carbocycles. The number of anilines is 1. The zero-order valence-corrected chi connectivity index (χ0v) is 15.0. The van der Waals surface area contributed by atoms with Crippen LogP contribution in [-0.2, 0) is 11.2 Å². The van der Waals surface area contributed by atoms with Crippen molar-refractivity contribution in [1.82, 2.24) is 15.0 Å². The first-order valence-electron chi connectivity index (χ1n) is 8.46. The molecule has 0 fully saturated rings. The minimum absolute atomic E-state index is 0.0139. The number of allylic oxidation sites excluding steroid dienone is 1. The Kier molecular flexibility index (Phi) is 4.42. The van der Waals surface area contributed by atoms with Gasteiger partial charge in [0, 0.05) is 43.1 Å². The number of amides is 1. The number of ketones is 1. The maximum absolute atomic E-state index is 12.8. The second-order valence-corrected chi connectivity index (χ2v) is 7.42. The summed E-state index contributed by atoms with van der Waals surface area (Å²) in [6.45, 7) is 1.99. The van der Waals surface area contributed by atoms with Crippen LogP contribution in [0, 0.1) is 0 Å². The van der Waals surface area contributed by atoms with Crippen LogP contribution in [0.1, 0.15) is 58.0 Å². The summed E-state index contributed by atoms with van der Waals surface area (Å²) < 4.78 is 0. The summed E-state index contributed by atoms with van der Waals surface area (Å²) in [6.07, 6.45) is 8.96. The van der Waals surface area contributed by atoms with Crippen LogP contribution in [0.3, 0.4) is 0 Å². The Labute approximate surface area is 154 Å². The van der Waals surface area contributed by atoms with E-state index in [1.54, 1.807) is 17.5 Å². The van der Waals surface area contributed by atoms with Crippen LogP contribution >= 0.6 is 11.3 Å². The Morgan fingerprint density at radius 1 is 1.31 bits per heavy atom. The SMILES string of the molecule is CC(CC(=O)c1ncnc2c1CCC(=O)N2)c1ncc(C2=NC=CC2)s1. The van der Waals surface area contributed by atoms with E-state index in [1.807, 2.05) is 19.2 Å². The van der Waals surface area contributed by atoms with Crippen molar-refractivity contribution < 1.29 is 9.59 Å². The number of fused-ring (bicyclic) bond motifs is 1. The lowest BCUT2D eigenvalue weighted by molar-refractivity contribution is -0.116. The maximum Gasteiger partial charge on any atom is 0.225 e. The Hall–Kier alpha value is -2.74. The van der Waals surface area contributed by atoms with Gasteiger partial charge in [0.2, 0.25) is 5.91 Å². The van der Waals surface area contributed by atoms with Crippen LogP contribution < -0.4 is 5.32 Å². The minimum atomic E-state index is -0.0809. The number of hydrogen-bond acceptors (Lipinski definition) is 7. The van der Waals surface area contributed by atoms with Crippen LogP contribution in [-0.4, -0.2) is 32.4 Å². The van der Waals surface area contributed by atoms with Gasteiger partial charge in [0.15, 0.2) is 5.78 Å². The van der Waals surface area contributed by atoms with E-state index in [9.17, 15) is 9.59 Å². The normalized spacial score (nSPS) is 16.8. The molecule has 1 unspecified atom stereocenters. The molecule has 2 aliphatic heterocycles. The summed E-state index contributed by atoms with van der Waals surface area (Å²) in [5.41, 5.74) is 2.16. The average Bonchev–Trinajstić information content (AvgIpc) is 3.32. The van der Waals surface area contributed by atoms with E-state index in [0.717, 1.165) is 27.6 Å². The first-order chi connectivity index (χ1) is 12.6. The van der Waals surface area contributed by atoms with Crippen molar-refractivity contribution in [2.75, 3.05) is 5.32 Å². The molecule has 2 aliphatic rings. The number of aromatic nitrogens is 3. The highest BCUT2D eigenvalue weighted by Gasteiger charge is 2.25. The molecule has 1 atom stereocenters. The fourth-order valence-electron chi connectivity index (χ4n) is 3.07. The molecule has 1 amide bonds.